The van der Waals surface area contributed by atoms with E-state index in [1.165, 1.54) is 26.1 Å². The fourth-order valence-electron chi connectivity index (χ4n) is 5.06. The molecule has 2 atom stereocenters. The number of fused-ring (bicyclic) bond motifs is 2. The zero-order chi connectivity index (χ0) is 29.5. The lowest BCUT2D eigenvalue weighted by Gasteiger charge is -2.40. The van der Waals surface area contributed by atoms with Crippen molar-refractivity contribution in [1.82, 2.24) is 15.6 Å². The van der Waals surface area contributed by atoms with Gasteiger partial charge in [0, 0.05) is 24.3 Å². The quantitative estimate of drug-likeness (QED) is 0.454. The summed E-state index contributed by atoms with van der Waals surface area (Å²) in [4.78, 5) is 31.3. The molecule has 2 saturated heterocycles. The molecule has 2 fully saturated rings. The van der Waals surface area contributed by atoms with Crippen LogP contribution in [0.4, 0.5) is 36.6 Å². The van der Waals surface area contributed by atoms with Crippen LogP contribution in [0.2, 0.25) is 0 Å². The normalized spacial score (nSPS) is 21.2. The Hall–Kier alpha value is -3.58. The van der Waals surface area contributed by atoms with Crippen molar-refractivity contribution in [2.24, 2.45) is 0 Å². The van der Waals surface area contributed by atoms with Gasteiger partial charge in [-0.3, -0.25) is 9.59 Å². The molecule has 0 saturated carbocycles. The fourth-order valence-corrected chi connectivity index (χ4v) is 5.06. The van der Waals surface area contributed by atoms with Crippen LogP contribution >= 0.6 is 0 Å². The van der Waals surface area contributed by atoms with Crippen LogP contribution in [0.3, 0.4) is 0 Å². The number of aromatic nitrogens is 1. The Morgan fingerprint density at radius 3 is 2.23 bits per heavy atom. The summed E-state index contributed by atoms with van der Waals surface area (Å²) in [6.45, 7) is 1.22. The van der Waals surface area contributed by atoms with Gasteiger partial charge in [0.05, 0.1) is 11.1 Å². The maximum absolute atomic E-state index is 14.2. The van der Waals surface area contributed by atoms with E-state index < -0.39 is 53.4 Å². The minimum atomic E-state index is -4.71. The number of alkyl halides is 6. The summed E-state index contributed by atoms with van der Waals surface area (Å²) in [6, 6.07) is 4.36. The van der Waals surface area contributed by atoms with Gasteiger partial charge in [-0.25, -0.2) is 9.37 Å². The second-order valence-electron chi connectivity index (χ2n) is 10.4. The van der Waals surface area contributed by atoms with Gasteiger partial charge in [0.15, 0.2) is 17.2 Å². The van der Waals surface area contributed by atoms with Gasteiger partial charge in [0.2, 0.25) is 0 Å². The molecule has 2 aliphatic heterocycles. The number of nitrogens with zero attached hydrogens (tertiary/aromatic N) is 2. The van der Waals surface area contributed by atoms with Crippen LogP contribution in [0.15, 0.2) is 36.5 Å². The average molecular weight is 577 g/mol. The molecule has 4 rings (SSSR count). The average Bonchev–Trinajstić information content (AvgIpc) is 3.12. The number of anilines is 1. The van der Waals surface area contributed by atoms with E-state index in [-0.39, 0.29) is 23.7 Å². The topological polar surface area (TPSA) is 83.6 Å². The number of hydrogen-bond donors (Lipinski definition) is 2. The zero-order valence-corrected chi connectivity index (χ0v) is 21.5. The third-order valence-corrected chi connectivity index (χ3v) is 6.96. The van der Waals surface area contributed by atoms with Crippen molar-refractivity contribution in [2.45, 2.75) is 75.6 Å². The lowest BCUT2D eigenvalue weighted by Crippen LogP contribution is -2.55. The highest BCUT2D eigenvalue weighted by Crippen LogP contribution is 2.39. The van der Waals surface area contributed by atoms with Crippen molar-refractivity contribution in [3.8, 4) is 5.75 Å². The van der Waals surface area contributed by atoms with Gasteiger partial charge < -0.3 is 20.3 Å². The molecule has 1 aromatic heterocycles. The highest BCUT2D eigenvalue weighted by atomic mass is 19.4. The molecule has 14 heteroatoms. The third-order valence-electron chi connectivity index (χ3n) is 6.96. The molecule has 2 unspecified atom stereocenters. The van der Waals surface area contributed by atoms with Crippen LogP contribution in [-0.4, -0.2) is 53.2 Å². The number of amides is 2. The SMILES string of the molecule is CC(C)(Oc1cc(C(F)(F)F)ccc1F)C(=O)NC1CC2CCC(C1)N2c1ccc(C(=O)NCC(F)(F)F)cn1. The Labute approximate surface area is 225 Å². The van der Waals surface area contributed by atoms with Crippen LogP contribution in [0.5, 0.6) is 5.75 Å². The molecule has 3 heterocycles. The van der Waals surface area contributed by atoms with Crippen molar-refractivity contribution >= 4 is 17.6 Å². The van der Waals surface area contributed by atoms with E-state index >= 15 is 0 Å². The van der Waals surface area contributed by atoms with Gasteiger partial charge in [-0.05, 0) is 69.9 Å². The molecule has 0 aliphatic carbocycles. The van der Waals surface area contributed by atoms with E-state index in [0.717, 1.165) is 12.8 Å². The maximum Gasteiger partial charge on any atom is 0.416 e. The molecule has 2 aromatic rings. The first kappa shape index (κ1) is 29.4. The maximum atomic E-state index is 14.2. The molecular formula is C26H27F7N4O3. The van der Waals surface area contributed by atoms with E-state index in [1.807, 2.05) is 0 Å². The fraction of sp³-hybridized carbons (Fsp3) is 0.500. The number of rotatable bonds is 7. The Kier molecular flexibility index (Phi) is 7.92. The number of pyridine rings is 1. The summed E-state index contributed by atoms with van der Waals surface area (Å²) in [5.74, 6) is -2.68. The van der Waals surface area contributed by atoms with Crippen LogP contribution in [0.25, 0.3) is 0 Å². The predicted octanol–water partition coefficient (Wildman–Crippen LogP) is 5.01. The third kappa shape index (κ3) is 6.76. The Morgan fingerprint density at radius 1 is 1.02 bits per heavy atom. The van der Waals surface area contributed by atoms with Crippen LogP contribution in [-0.2, 0) is 11.0 Å². The first-order chi connectivity index (χ1) is 18.5. The summed E-state index contributed by atoms with van der Waals surface area (Å²) in [7, 11) is 0. The molecule has 40 heavy (non-hydrogen) atoms. The first-order valence-corrected chi connectivity index (χ1v) is 12.5. The van der Waals surface area contributed by atoms with Gasteiger partial charge in [0.25, 0.3) is 11.8 Å². The summed E-state index contributed by atoms with van der Waals surface area (Å²) in [6.07, 6.45) is -5.40. The number of piperidine rings is 1. The summed E-state index contributed by atoms with van der Waals surface area (Å²) >= 11 is 0. The molecular weight excluding hydrogens is 549 g/mol. The highest BCUT2D eigenvalue weighted by Gasteiger charge is 2.43. The number of hydrogen-bond acceptors (Lipinski definition) is 5. The summed E-state index contributed by atoms with van der Waals surface area (Å²) in [5.41, 5.74) is -2.79. The molecule has 218 valence electrons. The molecule has 0 spiro atoms. The molecule has 0 radical (unpaired) electrons. The monoisotopic (exact) mass is 576 g/mol. The number of carbonyl (C=O) groups is 2. The number of carbonyl (C=O) groups excluding carboxylic acids is 2. The molecule has 2 bridgehead atoms. The van der Waals surface area contributed by atoms with Crippen molar-refractivity contribution in [3.05, 3.63) is 53.5 Å². The number of ether oxygens (including phenoxy) is 1. The van der Waals surface area contributed by atoms with E-state index in [4.69, 9.17) is 4.74 Å². The lowest BCUT2D eigenvalue weighted by atomic mass is 9.96. The van der Waals surface area contributed by atoms with Crippen LogP contribution in [0, 0.1) is 5.82 Å². The minimum Gasteiger partial charge on any atom is -0.475 e. The summed E-state index contributed by atoms with van der Waals surface area (Å²) in [5, 5.41) is 4.66. The van der Waals surface area contributed by atoms with E-state index in [2.05, 4.69) is 15.2 Å². The highest BCUT2D eigenvalue weighted by molar-refractivity contribution is 5.94. The Bertz CT molecular complexity index is 1230. The van der Waals surface area contributed by atoms with E-state index in [0.29, 0.717) is 36.9 Å². The van der Waals surface area contributed by atoms with Crippen LogP contribution < -0.4 is 20.3 Å². The van der Waals surface area contributed by atoms with Gasteiger partial charge in [-0.15, -0.1) is 0 Å². The van der Waals surface area contributed by atoms with Gasteiger partial charge in [-0.2, -0.15) is 26.3 Å². The van der Waals surface area contributed by atoms with Gasteiger partial charge >= 0.3 is 12.4 Å². The molecule has 2 amide bonds. The standard InChI is InChI=1S/C26H27F7N4O3/c1-24(2,40-20-9-15(26(31,32)33)4-7-19(20)27)23(39)36-16-10-17-5-6-18(11-16)37(17)21-8-3-14(12-34-21)22(38)35-13-25(28,29)30/h3-4,7-9,12,16-18H,5-6,10-11,13H2,1-2H3,(H,35,38)(H,36,39). The van der Waals surface area contributed by atoms with Crippen LogP contribution in [0.1, 0.15) is 55.5 Å². The smallest absolute Gasteiger partial charge is 0.416 e. The van der Waals surface area contributed by atoms with Crippen molar-refractivity contribution in [2.75, 3.05) is 11.4 Å². The first-order valence-electron chi connectivity index (χ1n) is 12.5. The van der Waals surface area contributed by atoms with Crippen molar-refractivity contribution < 1.29 is 45.1 Å². The molecule has 2 N–H and O–H groups in total. The Morgan fingerprint density at radius 2 is 1.68 bits per heavy atom. The number of nitrogens with one attached hydrogen (secondary N) is 2. The second kappa shape index (κ2) is 10.8. The lowest BCUT2D eigenvalue weighted by molar-refractivity contribution is -0.138. The number of benzene rings is 1. The second-order valence-corrected chi connectivity index (χ2v) is 10.4. The van der Waals surface area contributed by atoms with Crippen molar-refractivity contribution in [3.63, 3.8) is 0 Å². The zero-order valence-electron chi connectivity index (χ0n) is 21.5. The summed E-state index contributed by atoms with van der Waals surface area (Å²) < 4.78 is 95.7. The van der Waals surface area contributed by atoms with Gasteiger partial charge in [0.1, 0.15) is 12.4 Å². The molecule has 1 aromatic carbocycles. The number of halogens is 7. The van der Waals surface area contributed by atoms with Gasteiger partial charge in [-0.1, -0.05) is 0 Å². The van der Waals surface area contributed by atoms with E-state index in [1.54, 1.807) is 11.4 Å². The van der Waals surface area contributed by atoms with E-state index in [9.17, 15) is 40.3 Å². The predicted molar refractivity (Wildman–Crippen MR) is 129 cm³/mol. The molecule has 7 nitrogen and oxygen atoms in total. The largest absolute Gasteiger partial charge is 0.475 e. The minimum absolute atomic E-state index is 0.0121. The molecule has 2 aliphatic rings. The Balaban J connectivity index is 1.37. The van der Waals surface area contributed by atoms with Crippen molar-refractivity contribution in [1.29, 1.82) is 0 Å².